The van der Waals surface area contributed by atoms with Gasteiger partial charge in [-0.15, -0.1) is 11.3 Å². The van der Waals surface area contributed by atoms with E-state index in [1.54, 1.807) is 11.3 Å². The maximum atomic E-state index is 5.37. The van der Waals surface area contributed by atoms with Crippen molar-refractivity contribution in [2.45, 2.75) is 19.3 Å². The van der Waals surface area contributed by atoms with E-state index in [9.17, 15) is 0 Å². The standard InChI is InChI=1S/C18H21N3S2/c1-2-9-19-18(22)21-12-15(17-8-5-10-23-17)14-11-20-16-7-4-3-6-13(14)16/h3-8,10-11,15,20H,2,9,12H2,1H3,(H2,19,21,22). The van der Waals surface area contributed by atoms with Gasteiger partial charge in [0.1, 0.15) is 0 Å². The number of aromatic amines is 1. The molecular formula is C18H21N3S2. The van der Waals surface area contributed by atoms with Gasteiger partial charge in [0.15, 0.2) is 5.11 Å². The lowest BCUT2D eigenvalue weighted by Crippen LogP contribution is -2.37. The number of benzene rings is 1. The van der Waals surface area contributed by atoms with Crippen LogP contribution in [0.15, 0.2) is 48.0 Å². The zero-order valence-electron chi connectivity index (χ0n) is 13.1. The Bertz CT molecular complexity index is 762. The maximum Gasteiger partial charge on any atom is 0.166 e. The molecule has 0 saturated carbocycles. The summed E-state index contributed by atoms with van der Waals surface area (Å²) < 4.78 is 0. The van der Waals surface area contributed by atoms with Crippen LogP contribution in [-0.4, -0.2) is 23.2 Å². The summed E-state index contributed by atoms with van der Waals surface area (Å²) in [6.07, 6.45) is 3.19. The molecule has 1 aromatic carbocycles. The van der Waals surface area contributed by atoms with Crippen molar-refractivity contribution in [1.29, 1.82) is 0 Å². The van der Waals surface area contributed by atoms with Crippen molar-refractivity contribution in [1.82, 2.24) is 15.6 Å². The second kappa shape index (κ2) is 7.62. The van der Waals surface area contributed by atoms with Crippen LogP contribution in [-0.2, 0) is 0 Å². The van der Waals surface area contributed by atoms with Crippen LogP contribution in [0.5, 0.6) is 0 Å². The van der Waals surface area contributed by atoms with Crippen LogP contribution in [0.1, 0.15) is 29.7 Å². The quantitative estimate of drug-likeness (QED) is 0.586. The highest BCUT2D eigenvalue weighted by atomic mass is 32.1. The van der Waals surface area contributed by atoms with Gasteiger partial charge in [-0.05, 0) is 41.7 Å². The lowest BCUT2D eigenvalue weighted by molar-refractivity contribution is 0.745. The number of hydrogen-bond donors (Lipinski definition) is 3. The van der Waals surface area contributed by atoms with Gasteiger partial charge in [-0.1, -0.05) is 31.2 Å². The summed E-state index contributed by atoms with van der Waals surface area (Å²) in [4.78, 5) is 4.73. The summed E-state index contributed by atoms with van der Waals surface area (Å²) in [5.74, 6) is 0.285. The average Bonchev–Trinajstić information content (AvgIpc) is 3.24. The van der Waals surface area contributed by atoms with Crippen LogP contribution in [0, 0.1) is 0 Å². The molecule has 3 nitrogen and oxygen atoms in total. The van der Waals surface area contributed by atoms with Crippen LogP contribution < -0.4 is 10.6 Å². The van der Waals surface area contributed by atoms with Gasteiger partial charge >= 0.3 is 0 Å². The fourth-order valence-electron chi connectivity index (χ4n) is 2.73. The Morgan fingerprint density at radius 2 is 2.09 bits per heavy atom. The van der Waals surface area contributed by atoms with Crippen LogP contribution in [0.3, 0.4) is 0 Å². The molecular weight excluding hydrogens is 322 g/mol. The van der Waals surface area contributed by atoms with Gasteiger partial charge in [-0.25, -0.2) is 0 Å². The highest BCUT2D eigenvalue weighted by Crippen LogP contribution is 2.32. The molecule has 0 radical (unpaired) electrons. The van der Waals surface area contributed by atoms with Gasteiger partial charge in [0.25, 0.3) is 0 Å². The van der Waals surface area contributed by atoms with Crippen molar-refractivity contribution >= 4 is 39.6 Å². The van der Waals surface area contributed by atoms with Crippen LogP contribution in [0.2, 0.25) is 0 Å². The fourth-order valence-corrected chi connectivity index (χ4v) is 3.76. The van der Waals surface area contributed by atoms with E-state index in [1.807, 2.05) is 0 Å². The van der Waals surface area contributed by atoms with E-state index in [0.717, 1.165) is 24.6 Å². The normalized spacial score (nSPS) is 12.2. The van der Waals surface area contributed by atoms with E-state index in [1.165, 1.54) is 21.3 Å². The largest absolute Gasteiger partial charge is 0.363 e. The summed E-state index contributed by atoms with van der Waals surface area (Å²) in [6, 6.07) is 12.7. The Hall–Kier alpha value is -1.85. The van der Waals surface area contributed by atoms with Gasteiger partial charge in [0.05, 0.1) is 0 Å². The minimum absolute atomic E-state index is 0.285. The van der Waals surface area contributed by atoms with Crippen molar-refractivity contribution in [3.8, 4) is 0 Å². The lowest BCUT2D eigenvalue weighted by atomic mass is 9.97. The average molecular weight is 344 g/mol. The molecule has 5 heteroatoms. The molecule has 1 unspecified atom stereocenters. The van der Waals surface area contributed by atoms with Crippen LogP contribution >= 0.6 is 23.6 Å². The molecule has 0 saturated heterocycles. The molecule has 3 aromatic rings. The number of aromatic nitrogens is 1. The molecule has 0 fully saturated rings. The molecule has 0 aliphatic heterocycles. The molecule has 0 aliphatic rings. The topological polar surface area (TPSA) is 39.8 Å². The Morgan fingerprint density at radius 3 is 2.87 bits per heavy atom. The maximum absolute atomic E-state index is 5.37. The Morgan fingerprint density at radius 1 is 1.22 bits per heavy atom. The molecule has 1 atom stereocenters. The Labute approximate surface area is 146 Å². The SMILES string of the molecule is CCCNC(=S)NCC(c1cccs1)c1c[nH]c2ccccc12. The van der Waals surface area contributed by atoms with Crippen molar-refractivity contribution in [3.05, 3.63) is 58.4 Å². The molecule has 3 rings (SSSR count). The van der Waals surface area contributed by atoms with E-state index in [4.69, 9.17) is 12.2 Å². The van der Waals surface area contributed by atoms with E-state index in [2.05, 4.69) is 70.5 Å². The van der Waals surface area contributed by atoms with E-state index < -0.39 is 0 Å². The van der Waals surface area contributed by atoms with Gasteiger partial charge in [0.2, 0.25) is 0 Å². The summed E-state index contributed by atoms with van der Waals surface area (Å²) in [5.41, 5.74) is 2.49. The highest BCUT2D eigenvalue weighted by molar-refractivity contribution is 7.80. The number of thiocarbonyl (C=S) groups is 1. The first-order valence-corrected chi connectivity index (χ1v) is 9.19. The van der Waals surface area contributed by atoms with Crippen LogP contribution in [0.4, 0.5) is 0 Å². The highest BCUT2D eigenvalue weighted by Gasteiger charge is 2.19. The second-order valence-electron chi connectivity index (χ2n) is 5.49. The zero-order chi connectivity index (χ0) is 16.1. The first-order valence-electron chi connectivity index (χ1n) is 7.90. The van der Waals surface area contributed by atoms with Crippen molar-refractivity contribution < 1.29 is 0 Å². The number of H-pyrrole nitrogens is 1. The predicted molar refractivity (Wildman–Crippen MR) is 103 cm³/mol. The van der Waals surface area contributed by atoms with E-state index in [-0.39, 0.29) is 5.92 Å². The third-order valence-electron chi connectivity index (χ3n) is 3.89. The first kappa shape index (κ1) is 16.0. The van der Waals surface area contributed by atoms with Crippen molar-refractivity contribution in [2.24, 2.45) is 0 Å². The number of rotatable bonds is 6. The summed E-state index contributed by atoms with van der Waals surface area (Å²) in [7, 11) is 0. The van der Waals surface area contributed by atoms with Crippen LogP contribution in [0.25, 0.3) is 10.9 Å². The van der Waals surface area contributed by atoms with Gasteiger partial charge in [-0.3, -0.25) is 0 Å². The predicted octanol–water partition coefficient (Wildman–Crippen LogP) is 4.24. The summed E-state index contributed by atoms with van der Waals surface area (Å²) >= 11 is 7.16. The third kappa shape index (κ3) is 3.74. The number of nitrogens with one attached hydrogen (secondary N) is 3. The molecule has 0 aliphatic carbocycles. The molecule has 3 N–H and O–H groups in total. The Balaban J connectivity index is 1.83. The molecule has 120 valence electrons. The lowest BCUT2D eigenvalue weighted by Gasteiger charge is -2.18. The van der Waals surface area contributed by atoms with Gasteiger partial charge < -0.3 is 15.6 Å². The summed E-state index contributed by atoms with van der Waals surface area (Å²) in [6.45, 7) is 3.83. The Kier molecular flexibility index (Phi) is 5.31. The number of fused-ring (bicyclic) bond motifs is 1. The zero-order valence-corrected chi connectivity index (χ0v) is 14.8. The molecule has 2 aromatic heterocycles. The smallest absolute Gasteiger partial charge is 0.166 e. The molecule has 0 bridgehead atoms. The van der Waals surface area contributed by atoms with E-state index in [0.29, 0.717) is 0 Å². The minimum Gasteiger partial charge on any atom is -0.363 e. The number of thiophene rings is 1. The number of para-hydroxylation sites is 1. The first-order chi connectivity index (χ1) is 11.3. The van der Waals surface area contributed by atoms with Gasteiger partial charge in [0, 0.05) is 41.0 Å². The van der Waals surface area contributed by atoms with Crippen molar-refractivity contribution in [3.63, 3.8) is 0 Å². The van der Waals surface area contributed by atoms with E-state index >= 15 is 0 Å². The molecule has 2 heterocycles. The molecule has 0 amide bonds. The minimum atomic E-state index is 0.285. The molecule has 0 spiro atoms. The summed E-state index contributed by atoms with van der Waals surface area (Å²) in [5, 5.41) is 10.7. The monoisotopic (exact) mass is 343 g/mol. The van der Waals surface area contributed by atoms with Crippen molar-refractivity contribution in [2.75, 3.05) is 13.1 Å². The second-order valence-corrected chi connectivity index (χ2v) is 6.88. The van der Waals surface area contributed by atoms with Gasteiger partial charge in [-0.2, -0.15) is 0 Å². The third-order valence-corrected chi connectivity index (χ3v) is 5.16. The fraction of sp³-hybridized carbons (Fsp3) is 0.278. The molecule has 23 heavy (non-hydrogen) atoms. The number of hydrogen-bond acceptors (Lipinski definition) is 2.